The van der Waals surface area contributed by atoms with E-state index in [1.54, 1.807) is 0 Å². The summed E-state index contributed by atoms with van der Waals surface area (Å²) in [5.74, 6) is -0.0620. The highest BCUT2D eigenvalue weighted by molar-refractivity contribution is 7.00. The van der Waals surface area contributed by atoms with E-state index in [1.165, 1.54) is 117 Å². The summed E-state index contributed by atoms with van der Waals surface area (Å²) in [7, 11) is -5.62. The second kappa shape index (κ2) is 49.1. The summed E-state index contributed by atoms with van der Waals surface area (Å²) in [5.41, 5.74) is 6.09. The van der Waals surface area contributed by atoms with Crippen LogP contribution in [0.25, 0.3) is 0 Å². The molecule has 0 aliphatic heterocycles. The van der Waals surface area contributed by atoms with Gasteiger partial charge in [-0.25, -0.2) is 0 Å². The number of nitrogens with zero attached hydrogens (tertiary/aromatic N) is 2. The molecule has 107 heavy (non-hydrogen) atoms. The second-order valence-electron chi connectivity index (χ2n) is 31.2. The molecule has 8 aromatic rings. The quantitative estimate of drug-likeness (QED) is 0.0175. The Labute approximate surface area is 649 Å². The highest BCUT2D eigenvalue weighted by atomic mass is 28.4. The Morgan fingerprint density at radius 3 is 0.944 bits per heavy atom. The van der Waals surface area contributed by atoms with Gasteiger partial charge in [0.05, 0.1) is 62.6 Å². The van der Waals surface area contributed by atoms with Crippen molar-refractivity contribution >= 4 is 54.8 Å². The van der Waals surface area contributed by atoms with E-state index in [2.05, 4.69) is 281 Å². The van der Waals surface area contributed by atoms with Gasteiger partial charge < -0.3 is 28.2 Å². The van der Waals surface area contributed by atoms with Crippen molar-refractivity contribution in [3.05, 3.63) is 265 Å². The number of carbonyl (C=O) groups is 1. The van der Waals surface area contributed by atoms with Gasteiger partial charge in [-0.3, -0.25) is 14.8 Å². The molecule has 1 N–H and O–H groups in total. The average Bonchev–Trinajstić information content (AvgIpc) is 0.754. The fourth-order valence-electron chi connectivity index (χ4n) is 14.7. The van der Waals surface area contributed by atoms with Crippen molar-refractivity contribution in [2.45, 2.75) is 251 Å². The zero-order chi connectivity index (χ0) is 76.1. The molecule has 0 aliphatic rings. The summed E-state index contributed by atoms with van der Waals surface area (Å²) >= 11 is 0. The van der Waals surface area contributed by atoms with Crippen LogP contribution in [0.2, 0.25) is 10.1 Å². The van der Waals surface area contributed by atoms with Crippen molar-refractivity contribution in [2.75, 3.05) is 39.6 Å². The van der Waals surface area contributed by atoms with Crippen LogP contribution >= 0.6 is 0 Å². The van der Waals surface area contributed by atoms with E-state index in [4.69, 9.17) is 33.0 Å². The number of ether oxygens (including phenoxy) is 3. The predicted octanol–water partition coefficient (Wildman–Crippen LogP) is 21.7. The van der Waals surface area contributed by atoms with Gasteiger partial charge in [0.1, 0.15) is 6.10 Å². The average molecular weight is 1480 g/mol. The molecule has 0 aromatic heterocycles. The van der Waals surface area contributed by atoms with Crippen LogP contribution in [-0.2, 0) is 27.9 Å². The largest absolute Gasteiger partial charge is 0.462 e. The van der Waals surface area contributed by atoms with Crippen molar-refractivity contribution in [1.82, 2.24) is 0 Å². The third kappa shape index (κ3) is 29.3. The number of rotatable bonds is 49. The third-order valence-electron chi connectivity index (χ3n) is 20.5. The number of aliphatic hydroxyl groups excluding tert-OH is 1. The van der Waals surface area contributed by atoms with Crippen molar-refractivity contribution in [2.24, 2.45) is 9.98 Å². The van der Waals surface area contributed by atoms with Crippen molar-refractivity contribution < 1.29 is 33.0 Å². The van der Waals surface area contributed by atoms with Gasteiger partial charge in [0, 0.05) is 41.7 Å². The molecule has 0 fully saturated rings. The Hall–Kier alpha value is -7.20. The zero-order valence-corrected chi connectivity index (χ0v) is 68.9. The van der Waals surface area contributed by atoms with Crippen molar-refractivity contribution in [3.8, 4) is 0 Å². The summed E-state index contributed by atoms with van der Waals surface area (Å²) in [5, 5.41) is 15.3. The number of aliphatic imine (C=N–C) groups is 2. The minimum Gasteiger partial charge on any atom is -0.462 e. The number of hydrogen-bond acceptors (Lipinski definition) is 9. The zero-order valence-electron chi connectivity index (χ0n) is 66.9. The maximum atomic E-state index is 13.1. The summed E-state index contributed by atoms with van der Waals surface area (Å²) in [4.78, 5) is 24.0. The number of hydrogen-bond donors (Lipinski definition) is 1. The number of esters is 1. The standard InChI is InChI=1S/C54H77NO4Si.C42H55NO3Si/c1-6-8-10-12-13-14-15-17-31-41-52(56)59-49(36-26-16-11-9-7-2)42-43-57-44-48(55-53(46-32-22-18-23-33-46)47-34-24-19-25-35-47)45-58-60(54(3,4)5,50-37-27-20-28-38-50)51-39-29-21-30-40-51;1-5-6-7-8-17-26-38(44)31-32-45-33-37(43-41(35-22-13-9-14-23-35)36-24-15-10-16-25-36)34-46-47(42(2,3)4,39-27-18-11-19-28-39)40-29-20-12-21-30-40/h18-25,27-30,32-35,37-40,48-49H,6-17,26,31,36,41-45H2,1-5H3;9-16,18-25,27-30,37-38,44H,5-8,17,26,31-34H2,1-4H3/t48-,49-;37-,38-/m11/s1. The minimum absolute atomic E-state index is 0.0620. The Morgan fingerprint density at radius 1 is 0.346 bits per heavy atom. The topological polar surface area (TPSA) is 108 Å². The summed E-state index contributed by atoms with van der Waals surface area (Å²) < 4.78 is 33.9. The number of benzene rings is 8. The summed E-state index contributed by atoms with van der Waals surface area (Å²) in [6.45, 7) is 23.2. The van der Waals surface area contributed by atoms with Gasteiger partial charge in [-0.05, 0) is 62.9 Å². The van der Waals surface area contributed by atoms with E-state index < -0.39 is 16.6 Å². The van der Waals surface area contributed by atoms with Crippen LogP contribution in [0.5, 0.6) is 0 Å². The molecular formula is C96H132N2O7Si2. The maximum absolute atomic E-state index is 13.1. The molecule has 0 amide bonds. The lowest BCUT2D eigenvalue weighted by molar-refractivity contribution is -0.150. The molecular weight excluding hydrogens is 1350 g/mol. The molecule has 0 aliphatic carbocycles. The smallest absolute Gasteiger partial charge is 0.306 e. The maximum Gasteiger partial charge on any atom is 0.306 e. The van der Waals surface area contributed by atoms with Gasteiger partial charge in [0.25, 0.3) is 16.6 Å². The molecule has 8 aromatic carbocycles. The van der Waals surface area contributed by atoms with Crippen LogP contribution in [0.15, 0.2) is 253 Å². The molecule has 9 nitrogen and oxygen atoms in total. The van der Waals surface area contributed by atoms with Crippen LogP contribution in [0.4, 0.5) is 0 Å². The predicted molar refractivity (Wildman–Crippen MR) is 457 cm³/mol. The minimum atomic E-state index is -2.84. The molecule has 0 radical (unpaired) electrons. The molecule has 0 bridgehead atoms. The van der Waals surface area contributed by atoms with Gasteiger partial charge in [-0.2, -0.15) is 0 Å². The van der Waals surface area contributed by atoms with Crippen LogP contribution in [0, 0.1) is 0 Å². The highest BCUT2D eigenvalue weighted by Gasteiger charge is 2.52. The van der Waals surface area contributed by atoms with Crippen LogP contribution < -0.4 is 20.7 Å². The monoisotopic (exact) mass is 1480 g/mol. The fourth-order valence-corrected chi connectivity index (χ4v) is 23.9. The van der Waals surface area contributed by atoms with E-state index in [1.807, 2.05) is 24.3 Å². The number of aliphatic hydroxyl groups is 1. The molecule has 0 unspecified atom stereocenters. The van der Waals surface area contributed by atoms with E-state index in [0.717, 1.165) is 72.2 Å². The highest BCUT2D eigenvalue weighted by Crippen LogP contribution is 2.39. The SMILES string of the molecule is CCCCCCCCCCCC(=O)O[C@H](CCCCCCC)CCOC[C@H](CO[Si](c1ccccc1)(c1ccccc1)C(C)(C)C)N=C(c1ccccc1)c1ccccc1.CCCCCCC[C@@H](O)CCOC[C@H](CO[Si](c1ccccc1)(c1ccccc1)C(C)(C)C)N=C(c1ccccc1)c1ccccc1. The fraction of sp³-hybridized carbons (Fsp3) is 0.469. The first kappa shape index (κ1) is 87.0. The Balaban J connectivity index is 0.000000307. The van der Waals surface area contributed by atoms with E-state index in [9.17, 15) is 9.90 Å². The Kier molecular flexibility index (Phi) is 39.9. The summed E-state index contributed by atoms with van der Waals surface area (Å²) in [6, 6.07) is 84.2. The Morgan fingerprint density at radius 2 is 0.626 bits per heavy atom. The molecule has 4 atom stereocenters. The molecule has 0 saturated carbocycles. The molecule has 0 saturated heterocycles. The first-order valence-corrected chi connectivity index (χ1v) is 44.8. The second-order valence-corrected chi connectivity index (χ2v) is 39.8. The number of carbonyl (C=O) groups excluding carboxylic acids is 1. The van der Waals surface area contributed by atoms with Crippen LogP contribution in [0.1, 0.15) is 239 Å². The number of unbranched alkanes of at least 4 members (excludes halogenated alkanes) is 16. The van der Waals surface area contributed by atoms with Gasteiger partial charge in [-0.15, -0.1) is 0 Å². The van der Waals surface area contributed by atoms with Crippen LogP contribution in [-0.4, -0.2) is 103 Å². The first-order valence-electron chi connectivity index (χ1n) is 41.0. The summed E-state index contributed by atoms with van der Waals surface area (Å²) in [6.07, 6.45) is 26.0. The van der Waals surface area contributed by atoms with Crippen molar-refractivity contribution in [3.63, 3.8) is 0 Å². The van der Waals surface area contributed by atoms with Crippen molar-refractivity contribution in [1.29, 1.82) is 0 Å². The van der Waals surface area contributed by atoms with E-state index in [-0.39, 0.29) is 40.3 Å². The molecule has 576 valence electrons. The molecule has 0 spiro atoms. The Bertz CT molecular complexity index is 3490. The molecule has 8 rings (SSSR count). The lowest BCUT2D eigenvalue weighted by Gasteiger charge is -2.43. The molecule has 0 heterocycles. The van der Waals surface area contributed by atoms with Gasteiger partial charge in [0.15, 0.2) is 0 Å². The van der Waals surface area contributed by atoms with Crippen LogP contribution in [0.3, 0.4) is 0 Å². The normalized spacial score (nSPS) is 13.0. The lowest BCUT2D eigenvalue weighted by Crippen LogP contribution is -2.67. The first-order chi connectivity index (χ1) is 52.1. The van der Waals surface area contributed by atoms with E-state index in [0.29, 0.717) is 58.9 Å². The molecule has 11 heteroatoms. The van der Waals surface area contributed by atoms with Gasteiger partial charge in [-0.1, -0.05) is 414 Å². The third-order valence-corrected chi connectivity index (χ3v) is 30.5. The lowest BCUT2D eigenvalue weighted by atomic mass is 10.0. The van der Waals surface area contributed by atoms with E-state index >= 15 is 0 Å². The van der Waals surface area contributed by atoms with Gasteiger partial charge >= 0.3 is 5.97 Å². The van der Waals surface area contributed by atoms with Gasteiger partial charge in [0.2, 0.25) is 0 Å².